The summed E-state index contributed by atoms with van der Waals surface area (Å²) in [4.78, 5) is 30.4. The van der Waals surface area contributed by atoms with E-state index in [1.807, 2.05) is 24.3 Å². The maximum atomic E-state index is 12.9. The Bertz CT molecular complexity index is 1170. The third-order valence-corrected chi connectivity index (χ3v) is 6.07. The average Bonchev–Trinajstić information content (AvgIpc) is 2.89. The Labute approximate surface area is 168 Å². The third-order valence-electron chi connectivity index (χ3n) is 6.07. The molecule has 0 fully saturated rings. The summed E-state index contributed by atoms with van der Waals surface area (Å²) in [6.07, 6.45) is 3.78. The van der Waals surface area contributed by atoms with Crippen molar-refractivity contribution in [2.75, 3.05) is 0 Å². The van der Waals surface area contributed by atoms with Crippen molar-refractivity contribution in [2.45, 2.75) is 50.8 Å². The van der Waals surface area contributed by atoms with E-state index < -0.39 is 12.1 Å². The first kappa shape index (κ1) is 18.1. The van der Waals surface area contributed by atoms with Crippen LogP contribution in [0.3, 0.4) is 0 Å². The van der Waals surface area contributed by atoms with Gasteiger partial charge in [-0.1, -0.05) is 30.7 Å². The number of carbonyl (C=O) groups excluding carboxylic acids is 1. The molecule has 0 unspecified atom stereocenters. The van der Waals surface area contributed by atoms with Crippen LogP contribution in [0.5, 0.6) is 0 Å². The molecule has 2 heterocycles. The summed E-state index contributed by atoms with van der Waals surface area (Å²) in [6, 6.07) is 12.4. The predicted octanol–water partition coefficient (Wildman–Crippen LogP) is 2.51. The molecule has 1 amide bonds. The van der Waals surface area contributed by atoms with Gasteiger partial charge in [0, 0.05) is 24.9 Å². The number of aryl methyl sites for hydroxylation is 1. The van der Waals surface area contributed by atoms with Crippen LogP contribution in [0.1, 0.15) is 52.6 Å². The van der Waals surface area contributed by atoms with Crippen molar-refractivity contribution in [1.82, 2.24) is 14.9 Å². The quantitative estimate of drug-likeness (QED) is 0.705. The molecule has 1 aliphatic carbocycles. The summed E-state index contributed by atoms with van der Waals surface area (Å²) in [6.45, 7) is 0.707. The number of amides is 1. The molecule has 0 saturated heterocycles. The van der Waals surface area contributed by atoms with Crippen molar-refractivity contribution in [3.05, 3.63) is 75.3 Å². The van der Waals surface area contributed by atoms with Crippen LogP contribution in [0.2, 0.25) is 0 Å². The number of carbonyl (C=O) groups is 1. The highest BCUT2D eigenvalue weighted by Gasteiger charge is 2.32. The van der Waals surface area contributed by atoms with E-state index in [0.29, 0.717) is 29.4 Å². The summed E-state index contributed by atoms with van der Waals surface area (Å²) in [5.74, 6) is 0.530. The van der Waals surface area contributed by atoms with Gasteiger partial charge in [0.25, 0.3) is 11.5 Å². The first-order valence-electron chi connectivity index (χ1n) is 10.2. The Morgan fingerprint density at radius 2 is 2.00 bits per heavy atom. The van der Waals surface area contributed by atoms with Crippen molar-refractivity contribution in [2.24, 2.45) is 0 Å². The molecular formula is C23H23N3O3. The summed E-state index contributed by atoms with van der Waals surface area (Å²) < 4.78 is 1.78. The lowest BCUT2D eigenvalue weighted by molar-refractivity contribution is 0.0858. The molecule has 6 nitrogen and oxygen atoms in total. The minimum Gasteiger partial charge on any atom is -0.390 e. The van der Waals surface area contributed by atoms with E-state index in [-0.39, 0.29) is 11.5 Å². The zero-order valence-corrected chi connectivity index (χ0v) is 16.1. The average molecular weight is 389 g/mol. The minimum atomic E-state index is -0.643. The van der Waals surface area contributed by atoms with Crippen LogP contribution >= 0.6 is 0 Å². The maximum Gasteiger partial charge on any atom is 0.261 e. The van der Waals surface area contributed by atoms with Gasteiger partial charge in [0.05, 0.1) is 23.0 Å². The fourth-order valence-corrected chi connectivity index (χ4v) is 4.53. The van der Waals surface area contributed by atoms with Gasteiger partial charge in [-0.15, -0.1) is 0 Å². The van der Waals surface area contributed by atoms with Gasteiger partial charge in [0.2, 0.25) is 0 Å². The standard InChI is InChI=1S/C23H23N3O3/c27-19-13-14-6-3-4-7-16(14)21(19)25-22(28)15-9-10-17-18(12-15)24-20-8-2-1-5-11-26(20)23(17)29/h3-4,6-7,9-10,12,19,21,27H,1-2,5,8,11,13H2,(H,25,28)/t19-,21+/m1/s1. The first-order chi connectivity index (χ1) is 14.1. The lowest BCUT2D eigenvalue weighted by Crippen LogP contribution is -2.34. The van der Waals surface area contributed by atoms with E-state index in [2.05, 4.69) is 5.32 Å². The highest BCUT2D eigenvalue weighted by molar-refractivity contribution is 5.98. The predicted molar refractivity (Wildman–Crippen MR) is 110 cm³/mol. The number of nitrogens with zero attached hydrogens (tertiary/aromatic N) is 2. The molecule has 1 aromatic heterocycles. The van der Waals surface area contributed by atoms with Crippen molar-refractivity contribution in [3.8, 4) is 0 Å². The monoisotopic (exact) mass is 389 g/mol. The highest BCUT2D eigenvalue weighted by atomic mass is 16.3. The normalized spacial score (nSPS) is 20.7. The van der Waals surface area contributed by atoms with E-state index in [4.69, 9.17) is 4.98 Å². The van der Waals surface area contributed by atoms with Gasteiger partial charge in [0.1, 0.15) is 5.82 Å². The van der Waals surface area contributed by atoms with Gasteiger partial charge in [-0.05, 0) is 42.2 Å². The number of hydrogen-bond donors (Lipinski definition) is 2. The van der Waals surface area contributed by atoms with E-state index >= 15 is 0 Å². The number of aromatic nitrogens is 2. The highest BCUT2D eigenvalue weighted by Crippen LogP contribution is 2.31. The van der Waals surface area contributed by atoms with E-state index in [1.54, 1.807) is 22.8 Å². The topological polar surface area (TPSA) is 84.2 Å². The fourth-order valence-electron chi connectivity index (χ4n) is 4.53. The molecular weight excluding hydrogens is 366 g/mol. The number of fused-ring (bicyclic) bond motifs is 3. The van der Waals surface area contributed by atoms with Crippen LogP contribution in [0.15, 0.2) is 47.3 Å². The van der Waals surface area contributed by atoms with E-state index in [0.717, 1.165) is 42.6 Å². The number of benzene rings is 2. The Morgan fingerprint density at radius 3 is 2.90 bits per heavy atom. The number of hydrogen-bond acceptors (Lipinski definition) is 4. The Kier molecular flexibility index (Phi) is 4.43. The lowest BCUT2D eigenvalue weighted by atomic mass is 10.1. The molecule has 0 spiro atoms. The zero-order valence-electron chi connectivity index (χ0n) is 16.1. The molecule has 2 aromatic carbocycles. The van der Waals surface area contributed by atoms with E-state index in [1.165, 1.54) is 0 Å². The van der Waals surface area contributed by atoms with Gasteiger partial charge in [-0.2, -0.15) is 0 Å². The lowest BCUT2D eigenvalue weighted by Gasteiger charge is -2.18. The largest absolute Gasteiger partial charge is 0.390 e. The number of nitrogens with one attached hydrogen (secondary N) is 1. The SMILES string of the molecule is O=C(N[C@H]1c2ccccc2C[C@H]1O)c1ccc2c(=O)n3c(nc2c1)CCCCC3. The number of rotatable bonds is 2. The van der Waals surface area contributed by atoms with Gasteiger partial charge >= 0.3 is 0 Å². The van der Waals surface area contributed by atoms with Crippen molar-refractivity contribution in [3.63, 3.8) is 0 Å². The van der Waals surface area contributed by atoms with Crippen LogP contribution in [-0.2, 0) is 19.4 Å². The molecule has 5 rings (SSSR count). The summed E-state index contributed by atoms with van der Waals surface area (Å²) in [5, 5.41) is 13.9. The molecule has 2 aliphatic rings. The molecule has 3 aromatic rings. The molecule has 0 saturated carbocycles. The molecule has 148 valence electrons. The second-order valence-corrected chi connectivity index (χ2v) is 7.95. The first-order valence-corrected chi connectivity index (χ1v) is 10.2. The van der Waals surface area contributed by atoms with Crippen LogP contribution in [-0.4, -0.2) is 26.7 Å². The Hall–Kier alpha value is -2.99. The summed E-state index contributed by atoms with van der Waals surface area (Å²) in [7, 11) is 0. The smallest absolute Gasteiger partial charge is 0.261 e. The molecule has 0 bridgehead atoms. The van der Waals surface area contributed by atoms with Crippen LogP contribution in [0, 0.1) is 0 Å². The van der Waals surface area contributed by atoms with Crippen LogP contribution in [0.25, 0.3) is 10.9 Å². The second kappa shape index (κ2) is 7.12. The van der Waals surface area contributed by atoms with E-state index in [9.17, 15) is 14.7 Å². The minimum absolute atomic E-state index is 0.0287. The Morgan fingerprint density at radius 1 is 1.14 bits per heavy atom. The van der Waals surface area contributed by atoms with Gasteiger partial charge in [-0.3, -0.25) is 14.2 Å². The molecule has 2 N–H and O–H groups in total. The Balaban J connectivity index is 1.48. The fraction of sp³-hybridized carbons (Fsp3) is 0.348. The second-order valence-electron chi connectivity index (χ2n) is 7.95. The molecule has 1 aliphatic heterocycles. The maximum absolute atomic E-state index is 12.9. The summed E-state index contributed by atoms with van der Waals surface area (Å²) in [5.41, 5.74) is 2.98. The molecule has 29 heavy (non-hydrogen) atoms. The van der Waals surface area contributed by atoms with Crippen LogP contribution < -0.4 is 10.9 Å². The number of aliphatic hydroxyl groups is 1. The van der Waals surface area contributed by atoms with Gasteiger partial charge in [-0.25, -0.2) is 4.98 Å². The van der Waals surface area contributed by atoms with Crippen molar-refractivity contribution < 1.29 is 9.90 Å². The number of aliphatic hydroxyl groups excluding tert-OH is 1. The third kappa shape index (κ3) is 3.13. The molecule has 2 atom stereocenters. The van der Waals surface area contributed by atoms with Crippen molar-refractivity contribution in [1.29, 1.82) is 0 Å². The van der Waals surface area contributed by atoms with Gasteiger partial charge < -0.3 is 10.4 Å². The van der Waals surface area contributed by atoms with Crippen LogP contribution in [0.4, 0.5) is 0 Å². The van der Waals surface area contributed by atoms with Crippen molar-refractivity contribution >= 4 is 16.8 Å². The summed E-state index contributed by atoms with van der Waals surface area (Å²) >= 11 is 0. The molecule has 6 heteroatoms. The zero-order chi connectivity index (χ0) is 20.0. The van der Waals surface area contributed by atoms with Gasteiger partial charge in [0.15, 0.2) is 0 Å². The molecule has 0 radical (unpaired) electrons.